The molecule has 1 amide bonds. The molecule has 1 aromatic carbocycles. The molecule has 2 aromatic heterocycles. The lowest BCUT2D eigenvalue weighted by Gasteiger charge is -2.34. The summed E-state index contributed by atoms with van der Waals surface area (Å²) in [6.45, 7) is 15.4. The average molecular weight is 648 g/mol. The van der Waals surface area contributed by atoms with Crippen LogP contribution in [0.4, 0.5) is 22.2 Å². The highest BCUT2D eigenvalue weighted by Crippen LogP contribution is 2.33. The average Bonchev–Trinajstić information content (AvgIpc) is 3.08. The van der Waals surface area contributed by atoms with Crippen molar-refractivity contribution in [3.63, 3.8) is 0 Å². The fourth-order valence-corrected chi connectivity index (χ4v) is 5.52. The van der Waals surface area contributed by atoms with Crippen LogP contribution < -0.4 is 21.3 Å². The van der Waals surface area contributed by atoms with Crippen molar-refractivity contribution in [2.45, 2.75) is 98.2 Å². The zero-order chi connectivity index (χ0) is 34.2. The second-order valence-corrected chi connectivity index (χ2v) is 12.3. The first-order chi connectivity index (χ1) is 22.6. The molecular weight excluding hydrogens is 594 g/mol. The molecule has 4 heterocycles. The Hall–Kier alpha value is -4.41. The summed E-state index contributed by atoms with van der Waals surface area (Å²) in [5, 5.41) is 6.79. The van der Waals surface area contributed by atoms with E-state index in [-0.39, 0.29) is 12.6 Å². The summed E-state index contributed by atoms with van der Waals surface area (Å²) in [5.41, 5.74) is 8.89. The number of piperidine rings is 1. The molecule has 0 unspecified atom stereocenters. The van der Waals surface area contributed by atoms with Crippen molar-refractivity contribution in [1.82, 2.24) is 15.0 Å². The third kappa shape index (κ3) is 12.0. The highest BCUT2D eigenvalue weighted by molar-refractivity contribution is 5.70. The van der Waals surface area contributed by atoms with E-state index in [1.807, 2.05) is 65.0 Å². The number of hydrogen-bond acceptors (Lipinski definition) is 10. The lowest BCUT2D eigenvalue weighted by atomic mass is 9.92. The van der Waals surface area contributed by atoms with Crippen LogP contribution in [0.5, 0.6) is 0 Å². The number of anilines is 3. The third-order valence-corrected chi connectivity index (χ3v) is 7.67. The number of pyridine rings is 1. The molecule has 0 atom stereocenters. The molecular formula is C36H53N7O4. The molecule has 2 aliphatic rings. The van der Waals surface area contributed by atoms with Crippen LogP contribution in [0.2, 0.25) is 0 Å². The standard InChI is InChI=1S/C26H38N6O2.C8H9NO2.C2H6/c1-5-20-24(28-14-10-22(33)34-26(2,3)4)29-17-30-25(20)32-15-11-18(12-16-32)21-9-8-19-7-6-13-27-23(19)31-21;9-8(10)11-6-7-4-2-1-3-5-7;1-2/h8-9,17-18H,5-7,10-16H2,1-4H3,(H,27,31)(H,28,29,30);1-5H,6H2,(H2,9,10);1-2H3. The minimum absolute atomic E-state index is 0.208. The maximum absolute atomic E-state index is 12.0. The van der Waals surface area contributed by atoms with Gasteiger partial charge in [0.25, 0.3) is 0 Å². The van der Waals surface area contributed by atoms with E-state index in [2.05, 4.69) is 49.3 Å². The van der Waals surface area contributed by atoms with Gasteiger partial charge in [-0.1, -0.05) is 57.2 Å². The monoisotopic (exact) mass is 647 g/mol. The molecule has 0 spiro atoms. The molecule has 11 heteroatoms. The molecule has 3 aromatic rings. The van der Waals surface area contributed by atoms with E-state index in [4.69, 9.17) is 15.5 Å². The Bertz CT molecular complexity index is 1400. The smallest absolute Gasteiger partial charge is 0.404 e. The van der Waals surface area contributed by atoms with Crippen LogP contribution in [0.3, 0.4) is 0 Å². The maximum atomic E-state index is 12.0. The number of fused-ring (bicyclic) bond motifs is 1. The summed E-state index contributed by atoms with van der Waals surface area (Å²) in [7, 11) is 0. The van der Waals surface area contributed by atoms with Crippen molar-refractivity contribution >= 4 is 29.5 Å². The van der Waals surface area contributed by atoms with Gasteiger partial charge in [0.2, 0.25) is 0 Å². The molecule has 256 valence electrons. The van der Waals surface area contributed by atoms with E-state index in [0.29, 0.717) is 18.9 Å². The molecule has 0 bridgehead atoms. The van der Waals surface area contributed by atoms with Crippen LogP contribution in [-0.2, 0) is 33.7 Å². The molecule has 0 radical (unpaired) electrons. The highest BCUT2D eigenvalue weighted by Gasteiger charge is 2.26. The van der Waals surface area contributed by atoms with Gasteiger partial charge in [0, 0.05) is 43.4 Å². The summed E-state index contributed by atoms with van der Waals surface area (Å²) in [4.78, 5) is 38.6. The second kappa shape index (κ2) is 18.7. The second-order valence-electron chi connectivity index (χ2n) is 12.3. The van der Waals surface area contributed by atoms with Gasteiger partial charge in [0.1, 0.15) is 36.0 Å². The van der Waals surface area contributed by atoms with Gasteiger partial charge in [-0.15, -0.1) is 0 Å². The fraction of sp³-hybridized carbons (Fsp3) is 0.528. The Morgan fingerprint density at radius 2 is 1.79 bits per heavy atom. The van der Waals surface area contributed by atoms with Gasteiger partial charge in [0.15, 0.2) is 0 Å². The van der Waals surface area contributed by atoms with Crippen LogP contribution >= 0.6 is 0 Å². The van der Waals surface area contributed by atoms with Crippen LogP contribution in [-0.4, -0.2) is 58.8 Å². The van der Waals surface area contributed by atoms with E-state index in [9.17, 15) is 9.59 Å². The predicted molar refractivity (Wildman–Crippen MR) is 188 cm³/mol. The number of nitrogens with two attached hydrogens (primary N) is 1. The lowest BCUT2D eigenvalue weighted by Crippen LogP contribution is -2.34. The molecule has 5 rings (SSSR count). The van der Waals surface area contributed by atoms with Gasteiger partial charge in [-0.25, -0.2) is 19.7 Å². The molecule has 0 aliphatic carbocycles. The molecule has 4 N–H and O–H groups in total. The number of benzene rings is 1. The Morgan fingerprint density at radius 3 is 2.45 bits per heavy atom. The molecule has 1 saturated heterocycles. The van der Waals surface area contributed by atoms with Gasteiger partial charge < -0.3 is 30.7 Å². The summed E-state index contributed by atoms with van der Waals surface area (Å²) in [6.07, 6.45) is 6.41. The molecule has 47 heavy (non-hydrogen) atoms. The maximum Gasteiger partial charge on any atom is 0.404 e. The van der Waals surface area contributed by atoms with Gasteiger partial charge in [-0.2, -0.15) is 0 Å². The minimum atomic E-state index is -0.742. The van der Waals surface area contributed by atoms with Gasteiger partial charge in [-0.05, 0) is 70.1 Å². The van der Waals surface area contributed by atoms with Crippen molar-refractivity contribution < 1.29 is 19.1 Å². The molecule has 0 saturated carbocycles. The van der Waals surface area contributed by atoms with Crippen LogP contribution in [0.15, 0.2) is 48.8 Å². The number of rotatable bonds is 9. The third-order valence-electron chi connectivity index (χ3n) is 7.67. The van der Waals surface area contributed by atoms with E-state index >= 15 is 0 Å². The molecule has 1 fully saturated rings. The number of carbonyl (C=O) groups is 2. The predicted octanol–water partition coefficient (Wildman–Crippen LogP) is 6.63. The normalized spacial score (nSPS) is 14.2. The summed E-state index contributed by atoms with van der Waals surface area (Å²) in [6, 6.07) is 13.9. The SMILES string of the molecule is CC.CCc1c(NCCC(=O)OC(C)(C)C)ncnc1N1CCC(c2ccc3c(n2)NCCC3)CC1.NC(=O)OCc1ccccc1. The van der Waals surface area contributed by atoms with Crippen molar-refractivity contribution in [3.8, 4) is 0 Å². The Labute approximate surface area is 280 Å². The zero-order valence-electron chi connectivity index (χ0n) is 29.0. The highest BCUT2D eigenvalue weighted by atomic mass is 16.6. The Morgan fingerprint density at radius 1 is 1.06 bits per heavy atom. The van der Waals surface area contributed by atoms with Gasteiger partial charge in [-0.3, -0.25) is 4.79 Å². The van der Waals surface area contributed by atoms with E-state index in [0.717, 1.165) is 73.9 Å². The number of carbonyl (C=O) groups excluding carboxylic acids is 2. The number of aromatic nitrogens is 3. The lowest BCUT2D eigenvalue weighted by molar-refractivity contribution is -0.154. The molecule has 2 aliphatic heterocycles. The first-order valence-corrected chi connectivity index (χ1v) is 16.9. The number of primary amides is 1. The van der Waals surface area contributed by atoms with Crippen LogP contribution in [0, 0.1) is 0 Å². The van der Waals surface area contributed by atoms with Crippen LogP contribution in [0.25, 0.3) is 0 Å². The minimum Gasteiger partial charge on any atom is -0.460 e. The first-order valence-electron chi connectivity index (χ1n) is 16.9. The van der Waals surface area contributed by atoms with E-state index < -0.39 is 11.7 Å². The topological polar surface area (TPSA) is 145 Å². The Kier molecular flexibility index (Phi) is 14.7. The summed E-state index contributed by atoms with van der Waals surface area (Å²) >= 11 is 0. The van der Waals surface area contributed by atoms with Crippen LogP contribution in [0.1, 0.15) is 95.5 Å². The number of nitrogens with zero attached hydrogens (tertiary/aromatic N) is 4. The quantitative estimate of drug-likeness (QED) is 0.217. The van der Waals surface area contributed by atoms with E-state index in [1.54, 1.807) is 6.33 Å². The zero-order valence-corrected chi connectivity index (χ0v) is 29.0. The van der Waals surface area contributed by atoms with Crippen molar-refractivity contribution in [2.24, 2.45) is 5.73 Å². The summed E-state index contributed by atoms with van der Waals surface area (Å²) in [5.74, 6) is 3.15. The van der Waals surface area contributed by atoms with Gasteiger partial charge >= 0.3 is 12.1 Å². The fourth-order valence-electron chi connectivity index (χ4n) is 5.52. The number of esters is 1. The number of ether oxygens (including phenoxy) is 2. The summed E-state index contributed by atoms with van der Waals surface area (Å²) < 4.78 is 9.97. The first kappa shape index (κ1) is 37.1. The molecule has 11 nitrogen and oxygen atoms in total. The van der Waals surface area contributed by atoms with E-state index in [1.165, 1.54) is 17.7 Å². The number of amides is 1. The number of aryl methyl sites for hydroxylation is 1. The Balaban J connectivity index is 0.000000389. The number of nitrogens with one attached hydrogen (secondary N) is 2. The van der Waals surface area contributed by atoms with Crippen molar-refractivity contribution in [2.75, 3.05) is 41.7 Å². The largest absolute Gasteiger partial charge is 0.460 e. The number of hydrogen-bond donors (Lipinski definition) is 3. The van der Waals surface area contributed by atoms with Crippen molar-refractivity contribution in [1.29, 1.82) is 0 Å². The van der Waals surface area contributed by atoms with Crippen molar-refractivity contribution in [3.05, 3.63) is 71.2 Å². The van der Waals surface area contributed by atoms with Gasteiger partial charge in [0.05, 0.1) is 6.42 Å².